The third-order valence-electron chi connectivity index (χ3n) is 3.62. The topological polar surface area (TPSA) is 22.0 Å². The Hall–Kier alpha value is -1.05. The minimum absolute atomic E-state index is 0.233. The third-order valence-corrected chi connectivity index (χ3v) is 3.62. The van der Waals surface area contributed by atoms with Crippen LogP contribution >= 0.6 is 0 Å². The Kier molecular flexibility index (Phi) is 2.94. The van der Waals surface area contributed by atoms with Crippen LogP contribution in [-0.4, -0.2) is 4.57 Å². The van der Waals surface area contributed by atoms with Crippen LogP contribution in [0.25, 0.3) is 0 Å². The number of aromatic nitrogens is 1. The van der Waals surface area contributed by atoms with E-state index in [1.807, 2.05) is 22.9 Å². The molecule has 0 spiro atoms. The van der Waals surface area contributed by atoms with Crippen molar-refractivity contribution in [2.24, 2.45) is 0 Å². The van der Waals surface area contributed by atoms with E-state index in [9.17, 15) is 4.79 Å². The number of hydrogen-bond donors (Lipinski definition) is 0. The van der Waals surface area contributed by atoms with E-state index < -0.39 is 0 Å². The maximum atomic E-state index is 12.2. The van der Waals surface area contributed by atoms with Crippen LogP contribution in [0, 0.1) is 0 Å². The van der Waals surface area contributed by atoms with E-state index in [0.717, 1.165) is 12.0 Å². The van der Waals surface area contributed by atoms with Crippen molar-refractivity contribution < 1.29 is 0 Å². The lowest BCUT2D eigenvalue weighted by Crippen LogP contribution is -2.30. The van der Waals surface area contributed by atoms with Crippen LogP contribution in [0.2, 0.25) is 0 Å². The zero-order valence-corrected chi connectivity index (χ0v) is 9.57. The second kappa shape index (κ2) is 4.21. The van der Waals surface area contributed by atoms with E-state index in [2.05, 4.69) is 13.8 Å². The Labute approximate surface area is 90.9 Å². The summed E-state index contributed by atoms with van der Waals surface area (Å²) in [5, 5.41) is 0. The van der Waals surface area contributed by atoms with Gasteiger partial charge in [-0.1, -0.05) is 19.9 Å². The Morgan fingerprint density at radius 1 is 1.53 bits per heavy atom. The van der Waals surface area contributed by atoms with Crippen molar-refractivity contribution in [3.63, 3.8) is 0 Å². The van der Waals surface area contributed by atoms with Gasteiger partial charge in [-0.2, -0.15) is 0 Å². The van der Waals surface area contributed by atoms with Gasteiger partial charge < -0.3 is 4.57 Å². The highest BCUT2D eigenvalue weighted by Crippen LogP contribution is 2.30. The summed E-state index contributed by atoms with van der Waals surface area (Å²) in [6.07, 6.45) is 6.58. The minimum atomic E-state index is 0.233. The Bertz CT molecular complexity index is 364. The van der Waals surface area contributed by atoms with E-state index in [-0.39, 0.29) is 5.56 Å². The van der Waals surface area contributed by atoms with Gasteiger partial charge in [0.05, 0.1) is 0 Å². The molecule has 1 aliphatic carbocycles. The average Bonchev–Trinajstić information content (AvgIpc) is 2.17. The predicted octanol–water partition coefficient (Wildman–Crippen LogP) is 3.09. The molecule has 1 heterocycles. The highest BCUT2D eigenvalue weighted by molar-refractivity contribution is 5.15. The largest absolute Gasteiger partial charge is 0.312 e. The number of rotatable bonds is 3. The lowest BCUT2D eigenvalue weighted by Gasteiger charge is -2.28. The zero-order chi connectivity index (χ0) is 10.8. The summed E-state index contributed by atoms with van der Waals surface area (Å²) < 4.78 is 1.94. The molecule has 0 radical (unpaired) electrons. The number of pyridine rings is 1. The summed E-state index contributed by atoms with van der Waals surface area (Å²) >= 11 is 0. The number of hydrogen-bond acceptors (Lipinski definition) is 1. The SMILES string of the molecule is CC[C@H](C)c1cccn(C2CCC2)c1=O. The van der Waals surface area contributed by atoms with Crippen molar-refractivity contribution in [3.05, 3.63) is 34.2 Å². The molecule has 2 rings (SSSR count). The molecule has 0 bridgehead atoms. The normalized spacial score (nSPS) is 18.5. The van der Waals surface area contributed by atoms with E-state index in [1.165, 1.54) is 19.3 Å². The molecule has 2 heteroatoms. The third kappa shape index (κ3) is 1.85. The van der Waals surface area contributed by atoms with Crippen LogP contribution in [0.15, 0.2) is 23.1 Å². The van der Waals surface area contributed by atoms with Crippen LogP contribution < -0.4 is 5.56 Å². The molecular formula is C13H19NO. The molecule has 1 saturated carbocycles. The highest BCUT2D eigenvalue weighted by atomic mass is 16.1. The fourth-order valence-electron chi connectivity index (χ4n) is 2.07. The maximum Gasteiger partial charge on any atom is 0.254 e. The van der Waals surface area contributed by atoms with Crippen molar-refractivity contribution in [1.82, 2.24) is 4.57 Å². The number of nitrogens with zero attached hydrogens (tertiary/aromatic N) is 1. The second-order valence-electron chi connectivity index (χ2n) is 4.57. The molecule has 1 aromatic rings. The van der Waals surface area contributed by atoms with Crippen molar-refractivity contribution in [1.29, 1.82) is 0 Å². The van der Waals surface area contributed by atoms with Gasteiger partial charge in [-0.05, 0) is 37.7 Å². The van der Waals surface area contributed by atoms with Crippen molar-refractivity contribution >= 4 is 0 Å². The Morgan fingerprint density at radius 2 is 2.27 bits per heavy atom. The summed E-state index contributed by atoms with van der Waals surface area (Å²) in [5.74, 6) is 0.380. The first-order valence-corrected chi connectivity index (χ1v) is 5.95. The summed E-state index contributed by atoms with van der Waals surface area (Å²) in [4.78, 5) is 12.2. The molecule has 0 saturated heterocycles. The molecule has 82 valence electrons. The summed E-state index contributed by atoms with van der Waals surface area (Å²) in [7, 11) is 0. The monoisotopic (exact) mass is 205 g/mol. The van der Waals surface area contributed by atoms with Gasteiger partial charge in [0.25, 0.3) is 5.56 Å². The fraction of sp³-hybridized carbons (Fsp3) is 0.615. The molecule has 0 aliphatic heterocycles. The van der Waals surface area contributed by atoms with Crippen LogP contribution in [0.3, 0.4) is 0 Å². The minimum Gasteiger partial charge on any atom is -0.312 e. The molecule has 0 aromatic carbocycles. The first-order valence-electron chi connectivity index (χ1n) is 5.95. The molecule has 1 aliphatic rings. The van der Waals surface area contributed by atoms with E-state index >= 15 is 0 Å². The zero-order valence-electron chi connectivity index (χ0n) is 9.57. The Balaban J connectivity index is 2.36. The van der Waals surface area contributed by atoms with Crippen molar-refractivity contribution in [2.45, 2.75) is 51.5 Å². The molecule has 1 aromatic heterocycles. The lowest BCUT2D eigenvalue weighted by atomic mass is 9.92. The van der Waals surface area contributed by atoms with Gasteiger partial charge in [0.2, 0.25) is 0 Å². The molecular weight excluding hydrogens is 186 g/mol. The first-order chi connectivity index (χ1) is 7.24. The molecule has 0 unspecified atom stereocenters. The summed E-state index contributed by atoms with van der Waals surface area (Å²) in [6, 6.07) is 4.47. The van der Waals surface area contributed by atoms with Crippen molar-refractivity contribution in [3.8, 4) is 0 Å². The smallest absolute Gasteiger partial charge is 0.254 e. The average molecular weight is 205 g/mol. The summed E-state index contributed by atoms with van der Waals surface area (Å²) in [5.41, 5.74) is 1.21. The van der Waals surface area contributed by atoms with E-state index in [0.29, 0.717) is 12.0 Å². The van der Waals surface area contributed by atoms with E-state index in [1.54, 1.807) is 0 Å². The standard InChI is InChI=1S/C13H19NO/c1-3-10(2)12-8-5-9-14(13(12)15)11-6-4-7-11/h5,8-11H,3-4,6-7H2,1-2H3/t10-/m0/s1. The molecule has 15 heavy (non-hydrogen) atoms. The maximum absolute atomic E-state index is 12.2. The fourth-order valence-corrected chi connectivity index (χ4v) is 2.07. The molecule has 0 amide bonds. The highest BCUT2D eigenvalue weighted by Gasteiger charge is 2.21. The van der Waals surface area contributed by atoms with E-state index in [4.69, 9.17) is 0 Å². The van der Waals surface area contributed by atoms with Gasteiger partial charge in [-0.3, -0.25) is 4.79 Å². The Morgan fingerprint density at radius 3 is 2.80 bits per heavy atom. The van der Waals surface area contributed by atoms with Gasteiger partial charge in [0, 0.05) is 17.8 Å². The van der Waals surface area contributed by atoms with Crippen LogP contribution in [-0.2, 0) is 0 Å². The molecule has 1 atom stereocenters. The second-order valence-corrected chi connectivity index (χ2v) is 4.57. The molecule has 2 nitrogen and oxygen atoms in total. The first kappa shape index (κ1) is 10.5. The van der Waals surface area contributed by atoms with Crippen LogP contribution in [0.4, 0.5) is 0 Å². The van der Waals surface area contributed by atoms with Gasteiger partial charge in [-0.25, -0.2) is 0 Å². The molecule has 0 N–H and O–H groups in total. The van der Waals surface area contributed by atoms with Crippen molar-refractivity contribution in [2.75, 3.05) is 0 Å². The summed E-state index contributed by atoms with van der Waals surface area (Å²) in [6.45, 7) is 4.26. The quantitative estimate of drug-likeness (QED) is 0.743. The van der Waals surface area contributed by atoms with Crippen LogP contribution in [0.1, 0.15) is 57.1 Å². The predicted molar refractivity (Wildman–Crippen MR) is 62.3 cm³/mol. The molecule has 1 fully saturated rings. The van der Waals surface area contributed by atoms with Gasteiger partial charge in [0.15, 0.2) is 0 Å². The van der Waals surface area contributed by atoms with Gasteiger partial charge in [0.1, 0.15) is 0 Å². The van der Waals surface area contributed by atoms with Gasteiger partial charge in [-0.15, -0.1) is 0 Å². The van der Waals surface area contributed by atoms with Crippen LogP contribution in [0.5, 0.6) is 0 Å². The lowest BCUT2D eigenvalue weighted by molar-refractivity contribution is 0.305. The van der Waals surface area contributed by atoms with Gasteiger partial charge >= 0.3 is 0 Å².